The van der Waals surface area contributed by atoms with Gasteiger partial charge in [-0.15, -0.1) is 0 Å². The van der Waals surface area contributed by atoms with E-state index in [-0.39, 0.29) is 4.90 Å². The van der Waals surface area contributed by atoms with Crippen molar-refractivity contribution >= 4 is 27.8 Å². The van der Waals surface area contributed by atoms with Crippen LogP contribution in [-0.4, -0.2) is 28.5 Å². The molecule has 0 N–H and O–H groups in total. The van der Waals surface area contributed by atoms with Crippen molar-refractivity contribution in [2.24, 2.45) is 0 Å². The number of carbonyl (C=O) groups excluding carboxylic acids is 1. The molecule has 0 saturated carbocycles. The summed E-state index contributed by atoms with van der Waals surface area (Å²) in [5, 5.41) is 0. The molecular weight excluding hydrogens is 314 g/mol. The molecule has 0 heterocycles. The molecule has 5 nitrogen and oxygen atoms in total. The van der Waals surface area contributed by atoms with Gasteiger partial charge in [0.25, 0.3) is 10.0 Å². The molecule has 0 amide bonds. The van der Waals surface area contributed by atoms with E-state index >= 15 is 0 Å². The number of carbonyl (C=O) groups is 1. The van der Waals surface area contributed by atoms with Gasteiger partial charge in [0.05, 0.1) is 17.7 Å². The second-order valence-electron chi connectivity index (χ2n) is 4.70. The molecule has 23 heavy (non-hydrogen) atoms. The number of esters is 1. The molecule has 0 bridgehead atoms. The number of sulfonamides is 1. The Morgan fingerprint density at radius 2 is 1.65 bits per heavy atom. The fourth-order valence-electron chi connectivity index (χ4n) is 2.00. The van der Waals surface area contributed by atoms with Gasteiger partial charge in [-0.2, -0.15) is 0 Å². The Morgan fingerprint density at radius 1 is 1.04 bits per heavy atom. The topological polar surface area (TPSA) is 63.7 Å². The zero-order valence-electron chi connectivity index (χ0n) is 12.8. The molecule has 0 spiro atoms. The predicted molar refractivity (Wildman–Crippen MR) is 89.5 cm³/mol. The minimum atomic E-state index is -3.75. The fraction of sp³-hybridized carbons (Fsp3) is 0.118. The van der Waals surface area contributed by atoms with Gasteiger partial charge in [-0.05, 0) is 29.8 Å². The average Bonchev–Trinajstić information content (AvgIpc) is 2.59. The Labute approximate surface area is 135 Å². The Bertz CT molecular complexity index is 813. The fourth-order valence-corrected chi connectivity index (χ4v) is 3.38. The van der Waals surface area contributed by atoms with Gasteiger partial charge < -0.3 is 4.74 Å². The number of rotatable bonds is 5. The van der Waals surface area contributed by atoms with E-state index in [0.717, 1.165) is 0 Å². The van der Waals surface area contributed by atoms with Crippen molar-refractivity contribution in [3.8, 4) is 0 Å². The minimum absolute atomic E-state index is 0.117. The summed E-state index contributed by atoms with van der Waals surface area (Å²) < 4.78 is 31.4. The molecule has 0 aliphatic heterocycles. The first kappa shape index (κ1) is 16.8. The van der Waals surface area contributed by atoms with E-state index < -0.39 is 16.0 Å². The second-order valence-corrected chi connectivity index (χ2v) is 6.64. The first-order valence-corrected chi connectivity index (χ1v) is 8.30. The van der Waals surface area contributed by atoms with Crippen LogP contribution in [0.1, 0.15) is 5.56 Å². The van der Waals surface area contributed by atoms with Crippen molar-refractivity contribution in [1.82, 2.24) is 0 Å². The first-order chi connectivity index (χ1) is 11.0. The van der Waals surface area contributed by atoms with Gasteiger partial charge in [0, 0.05) is 13.1 Å². The van der Waals surface area contributed by atoms with E-state index in [1.165, 1.54) is 36.7 Å². The molecule has 0 unspecified atom stereocenters. The quantitative estimate of drug-likeness (QED) is 0.624. The number of anilines is 1. The van der Waals surface area contributed by atoms with Crippen LogP contribution >= 0.6 is 0 Å². The van der Waals surface area contributed by atoms with Crippen LogP contribution in [0.25, 0.3) is 6.08 Å². The maximum absolute atomic E-state index is 12.8. The zero-order chi connectivity index (χ0) is 16.9. The maximum atomic E-state index is 12.8. The van der Waals surface area contributed by atoms with Gasteiger partial charge in [-0.25, -0.2) is 13.2 Å². The third-order valence-electron chi connectivity index (χ3n) is 3.28. The summed E-state index contributed by atoms with van der Waals surface area (Å²) in [7, 11) is -0.993. The summed E-state index contributed by atoms with van der Waals surface area (Å²) in [6.07, 6.45) is 2.62. The molecule has 0 aliphatic carbocycles. The van der Waals surface area contributed by atoms with Crippen LogP contribution in [0.2, 0.25) is 0 Å². The number of nitrogens with zero attached hydrogens (tertiary/aromatic N) is 1. The van der Waals surface area contributed by atoms with E-state index in [4.69, 9.17) is 0 Å². The van der Waals surface area contributed by atoms with Crippen molar-refractivity contribution in [3.63, 3.8) is 0 Å². The third kappa shape index (κ3) is 3.78. The highest BCUT2D eigenvalue weighted by atomic mass is 32.2. The van der Waals surface area contributed by atoms with Gasteiger partial charge in [0.1, 0.15) is 0 Å². The summed E-state index contributed by atoms with van der Waals surface area (Å²) in [5.74, 6) is -0.548. The summed E-state index contributed by atoms with van der Waals surface area (Å²) in [5.41, 5.74) is 0.972. The summed E-state index contributed by atoms with van der Waals surface area (Å²) >= 11 is 0. The monoisotopic (exact) mass is 331 g/mol. The van der Waals surface area contributed by atoms with Crippen LogP contribution in [0, 0.1) is 0 Å². The summed E-state index contributed by atoms with van der Waals surface area (Å²) in [6.45, 7) is 0. The molecule has 120 valence electrons. The van der Waals surface area contributed by atoms with E-state index in [2.05, 4.69) is 4.74 Å². The zero-order valence-corrected chi connectivity index (χ0v) is 13.7. The van der Waals surface area contributed by atoms with Crippen molar-refractivity contribution in [1.29, 1.82) is 0 Å². The number of hydrogen-bond donors (Lipinski definition) is 0. The average molecular weight is 331 g/mol. The Morgan fingerprint density at radius 3 is 2.30 bits per heavy atom. The lowest BCUT2D eigenvalue weighted by molar-refractivity contribution is -0.134. The number of methoxy groups -OCH3 is 1. The lowest BCUT2D eigenvalue weighted by Crippen LogP contribution is -2.27. The number of hydrogen-bond acceptors (Lipinski definition) is 4. The van der Waals surface area contributed by atoms with E-state index in [1.54, 1.807) is 42.5 Å². The lowest BCUT2D eigenvalue weighted by Gasteiger charge is -2.20. The van der Waals surface area contributed by atoms with Crippen LogP contribution in [0.3, 0.4) is 0 Å². The Balaban J connectivity index is 2.45. The van der Waals surface area contributed by atoms with Crippen molar-refractivity contribution < 1.29 is 17.9 Å². The summed E-state index contributed by atoms with van der Waals surface area (Å²) in [6, 6.07) is 15.3. The number of para-hydroxylation sites is 1. The highest BCUT2D eigenvalue weighted by Crippen LogP contribution is 2.25. The van der Waals surface area contributed by atoms with Crippen molar-refractivity contribution in [3.05, 3.63) is 66.2 Å². The standard InChI is InChI=1S/C17H17NO4S/c1-18(15-9-4-3-5-10-15)23(20,21)16-11-7-6-8-14(16)12-13-17(19)22-2/h3-13H,1-2H3. The highest BCUT2D eigenvalue weighted by molar-refractivity contribution is 7.92. The normalized spacial score (nSPS) is 11.4. The van der Waals surface area contributed by atoms with E-state index in [9.17, 15) is 13.2 Å². The second kappa shape index (κ2) is 7.11. The minimum Gasteiger partial charge on any atom is -0.466 e. The SMILES string of the molecule is COC(=O)C=Cc1ccccc1S(=O)(=O)N(C)c1ccccc1. The molecule has 0 radical (unpaired) electrons. The van der Waals surface area contributed by atoms with E-state index in [0.29, 0.717) is 11.3 Å². The number of benzene rings is 2. The largest absolute Gasteiger partial charge is 0.466 e. The molecule has 0 atom stereocenters. The van der Waals surface area contributed by atoms with E-state index in [1.807, 2.05) is 6.07 Å². The van der Waals surface area contributed by atoms with Crippen molar-refractivity contribution in [2.75, 3.05) is 18.5 Å². The van der Waals surface area contributed by atoms with Gasteiger partial charge in [0.15, 0.2) is 0 Å². The molecule has 0 aliphatic rings. The Kier molecular flexibility index (Phi) is 5.18. The Hall–Kier alpha value is -2.60. The molecule has 0 aromatic heterocycles. The lowest BCUT2D eigenvalue weighted by atomic mass is 10.2. The van der Waals surface area contributed by atoms with Gasteiger partial charge in [-0.1, -0.05) is 36.4 Å². The molecular formula is C17H17NO4S. The van der Waals surface area contributed by atoms with Gasteiger partial charge in [0.2, 0.25) is 0 Å². The molecule has 6 heteroatoms. The van der Waals surface area contributed by atoms with Crippen LogP contribution in [-0.2, 0) is 19.6 Å². The predicted octanol–water partition coefficient (Wildman–Crippen LogP) is 2.70. The molecule has 2 aromatic rings. The van der Waals surface area contributed by atoms with Crippen LogP contribution in [0.15, 0.2) is 65.6 Å². The summed E-state index contributed by atoms with van der Waals surface area (Å²) in [4.78, 5) is 11.3. The molecule has 0 saturated heterocycles. The van der Waals surface area contributed by atoms with Gasteiger partial charge >= 0.3 is 5.97 Å². The smallest absolute Gasteiger partial charge is 0.330 e. The van der Waals surface area contributed by atoms with Crippen LogP contribution in [0.5, 0.6) is 0 Å². The third-order valence-corrected chi connectivity index (χ3v) is 5.14. The molecule has 2 aromatic carbocycles. The maximum Gasteiger partial charge on any atom is 0.330 e. The van der Waals surface area contributed by atoms with Crippen molar-refractivity contribution in [2.45, 2.75) is 4.90 Å². The highest BCUT2D eigenvalue weighted by Gasteiger charge is 2.23. The van der Waals surface area contributed by atoms with Crippen LogP contribution in [0.4, 0.5) is 5.69 Å². The van der Waals surface area contributed by atoms with Crippen LogP contribution < -0.4 is 4.31 Å². The first-order valence-electron chi connectivity index (χ1n) is 6.86. The molecule has 2 rings (SSSR count). The molecule has 0 fully saturated rings. The number of ether oxygens (including phenoxy) is 1. The van der Waals surface area contributed by atoms with Gasteiger partial charge in [-0.3, -0.25) is 4.31 Å².